The second-order valence-corrected chi connectivity index (χ2v) is 6.07. The maximum Gasteiger partial charge on any atom is 0.209 e. The highest BCUT2D eigenvalue weighted by molar-refractivity contribution is 5.94. The lowest BCUT2D eigenvalue weighted by molar-refractivity contribution is 0.192. The van der Waals surface area contributed by atoms with Gasteiger partial charge in [0.1, 0.15) is 12.1 Å². The Kier molecular flexibility index (Phi) is 5.39. The number of methoxy groups -OCH3 is 2. The van der Waals surface area contributed by atoms with Crippen LogP contribution in [0.2, 0.25) is 0 Å². The Labute approximate surface area is 126 Å². The molecule has 0 aromatic rings. The molecule has 21 heavy (non-hydrogen) atoms. The first-order chi connectivity index (χ1) is 10.0. The smallest absolute Gasteiger partial charge is 0.209 e. The Balaban J connectivity index is 2.12. The molecule has 0 fully saturated rings. The van der Waals surface area contributed by atoms with Gasteiger partial charge in [0.05, 0.1) is 20.3 Å². The highest BCUT2D eigenvalue weighted by atomic mass is 16.5. The molecule has 0 saturated heterocycles. The average Bonchev–Trinajstić information content (AvgIpc) is 2.48. The molecular formula is C16H26N2O3. The first-order valence-electron chi connectivity index (χ1n) is 7.64. The van der Waals surface area contributed by atoms with Crippen molar-refractivity contribution in [3.8, 4) is 0 Å². The standard InChI is InChI=1S/C16H26N2O3/c1-10(2)14-16(21-4)17-13(15(18-14)20-3)9-11-5-7-12(19)8-6-11/h5,7,10-14,19H,6,8-9H2,1-4H3/t11-,12?,13+,14-/m1/s1. The fourth-order valence-corrected chi connectivity index (χ4v) is 2.86. The van der Waals surface area contributed by atoms with E-state index in [0.29, 0.717) is 23.6 Å². The van der Waals surface area contributed by atoms with Crippen LogP contribution in [0.25, 0.3) is 0 Å². The quantitative estimate of drug-likeness (QED) is 0.812. The number of rotatable bonds is 3. The van der Waals surface area contributed by atoms with Gasteiger partial charge < -0.3 is 14.6 Å². The number of ether oxygens (including phenoxy) is 2. The molecule has 1 heterocycles. The van der Waals surface area contributed by atoms with Crippen molar-refractivity contribution in [2.45, 2.75) is 51.3 Å². The Hall–Kier alpha value is -1.36. The van der Waals surface area contributed by atoms with Crippen LogP contribution in [-0.2, 0) is 9.47 Å². The van der Waals surface area contributed by atoms with Gasteiger partial charge in [0, 0.05) is 0 Å². The van der Waals surface area contributed by atoms with Gasteiger partial charge >= 0.3 is 0 Å². The van der Waals surface area contributed by atoms with Crippen molar-refractivity contribution in [1.29, 1.82) is 0 Å². The van der Waals surface area contributed by atoms with Gasteiger partial charge in [-0.15, -0.1) is 0 Å². The molecule has 0 saturated carbocycles. The Morgan fingerprint density at radius 3 is 2.38 bits per heavy atom. The van der Waals surface area contributed by atoms with Crippen molar-refractivity contribution in [1.82, 2.24) is 0 Å². The Morgan fingerprint density at radius 2 is 1.86 bits per heavy atom. The summed E-state index contributed by atoms with van der Waals surface area (Å²) < 4.78 is 10.9. The van der Waals surface area contributed by atoms with Gasteiger partial charge in [0.2, 0.25) is 11.8 Å². The van der Waals surface area contributed by atoms with E-state index < -0.39 is 0 Å². The van der Waals surface area contributed by atoms with E-state index in [-0.39, 0.29) is 18.2 Å². The molecule has 5 nitrogen and oxygen atoms in total. The number of hydrogen-bond acceptors (Lipinski definition) is 5. The minimum absolute atomic E-state index is 0.0649. The molecule has 0 radical (unpaired) electrons. The third-order valence-corrected chi connectivity index (χ3v) is 4.10. The summed E-state index contributed by atoms with van der Waals surface area (Å²) in [5.74, 6) is 2.10. The molecule has 0 aromatic heterocycles. The molecule has 2 aliphatic rings. The van der Waals surface area contributed by atoms with Crippen molar-refractivity contribution < 1.29 is 14.6 Å². The SMILES string of the molecule is COC1=N[C@H](C(C)C)C(OC)=N[C@H]1C[C@@H]1C=CC(O)CC1. The van der Waals surface area contributed by atoms with E-state index in [1.54, 1.807) is 14.2 Å². The topological polar surface area (TPSA) is 63.4 Å². The van der Waals surface area contributed by atoms with Crippen LogP contribution in [0.3, 0.4) is 0 Å². The van der Waals surface area contributed by atoms with Crippen LogP contribution < -0.4 is 0 Å². The van der Waals surface area contributed by atoms with Crippen LogP contribution in [-0.4, -0.2) is 49.3 Å². The van der Waals surface area contributed by atoms with Gasteiger partial charge in [-0.25, -0.2) is 9.98 Å². The molecule has 0 amide bonds. The van der Waals surface area contributed by atoms with Gasteiger partial charge in [-0.05, 0) is 31.1 Å². The highest BCUT2D eigenvalue weighted by Gasteiger charge is 2.32. The molecule has 0 spiro atoms. The first kappa shape index (κ1) is 16.0. The van der Waals surface area contributed by atoms with Gasteiger partial charge in [-0.1, -0.05) is 26.0 Å². The zero-order chi connectivity index (χ0) is 15.4. The van der Waals surface area contributed by atoms with Crippen LogP contribution in [0.1, 0.15) is 33.1 Å². The van der Waals surface area contributed by atoms with E-state index in [1.165, 1.54) is 0 Å². The lowest BCUT2D eigenvalue weighted by Crippen LogP contribution is -2.38. The zero-order valence-corrected chi connectivity index (χ0v) is 13.3. The van der Waals surface area contributed by atoms with Crippen molar-refractivity contribution in [3.63, 3.8) is 0 Å². The number of aliphatic hydroxyl groups excluding tert-OH is 1. The van der Waals surface area contributed by atoms with Crippen LogP contribution in [0, 0.1) is 11.8 Å². The van der Waals surface area contributed by atoms with E-state index in [2.05, 4.69) is 24.9 Å². The lowest BCUT2D eigenvalue weighted by Gasteiger charge is -2.29. The molecule has 1 N–H and O–H groups in total. The molecule has 118 valence electrons. The fourth-order valence-electron chi connectivity index (χ4n) is 2.86. The van der Waals surface area contributed by atoms with Crippen LogP contribution in [0.15, 0.2) is 22.1 Å². The van der Waals surface area contributed by atoms with Crippen molar-refractivity contribution >= 4 is 11.8 Å². The van der Waals surface area contributed by atoms with Gasteiger partial charge in [0.25, 0.3) is 0 Å². The third-order valence-electron chi connectivity index (χ3n) is 4.10. The number of aliphatic imine (C=N–C) groups is 2. The maximum atomic E-state index is 9.52. The summed E-state index contributed by atoms with van der Waals surface area (Å²) in [6, 6.07) is -0.158. The number of hydrogen-bond donors (Lipinski definition) is 1. The summed E-state index contributed by atoms with van der Waals surface area (Å²) in [7, 11) is 3.30. The molecule has 0 aromatic carbocycles. The summed E-state index contributed by atoms with van der Waals surface area (Å²) in [4.78, 5) is 9.39. The molecular weight excluding hydrogens is 268 g/mol. The maximum absolute atomic E-state index is 9.52. The Morgan fingerprint density at radius 1 is 1.14 bits per heavy atom. The van der Waals surface area contributed by atoms with Gasteiger partial charge in [-0.2, -0.15) is 0 Å². The second-order valence-electron chi connectivity index (χ2n) is 6.07. The third kappa shape index (κ3) is 3.84. The van der Waals surface area contributed by atoms with Gasteiger partial charge in [-0.3, -0.25) is 0 Å². The van der Waals surface area contributed by atoms with Crippen LogP contribution >= 0.6 is 0 Å². The lowest BCUT2D eigenvalue weighted by atomic mass is 9.88. The summed E-state index contributed by atoms with van der Waals surface area (Å²) in [6.07, 6.45) is 6.27. The van der Waals surface area contributed by atoms with Crippen molar-refractivity contribution in [3.05, 3.63) is 12.2 Å². The van der Waals surface area contributed by atoms with Crippen molar-refractivity contribution in [2.75, 3.05) is 14.2 Å². The van der Waals surface area contributed by atoms with Crippen LogP contribution in [0.4, 0.5) is 0 Å². The number of allylic oxidation sites excluding steroid dienone is 1. The Bertz CT molecular complexity index is 443. The largest absolute Gasteiger partial charge is 0.483 e. The minimum atomic E-state index is -0.300. The fraction of sp³-hybridized carbons (Fsp3) is 0.750. The highest BCUT2D eigenvalue weighted by Crippen LogP contribution is 2.26. The van der Waals surface area contributed by atoms with E-state index in [1.807, 2.05) is 6.08 Å². The van der Waals surface area contributed by atoms with Gasteiger partial charge in [0.15, 0.2) is 0 Å². The number of aliphatic hydroxyl groups is 1. The van der Waals surface area contributed by atoms with E-state index in [9.17, 15) is 5.11 Å². The molecule has 0 bridgehead atoms. The normalized spacial score (nSPS) is 32.7. The first-order valence-corrected chi connectivity index (χ1v) is 7.64. The predicted molar refractivity (Wildman–Crippen MR) is 83.8 cm³/mol. The summed E-state index contributed by atoms with van der Waals surface area (Å²) in [5.41, 5.74) is 0. The average molecular weight is 294 g/mol. The molecule has 4 atom stereocenters. The van der Waals surface area contributed by atoms with E-state index in [4.69, 9.17) is 14.5 Å². The summed E-state index contributed by atoms with van der Waals surface area (Å²) >= 11 is 0. The second kappa shape index (κ2) is 7.07. The monoisotopic (exact) mass is 294 g/mol. The van der Waals surface area contributed by atoms with E-state index >= 15 is 0 Å². The van der Waals surface area contributed by atoms with E-state index in [0.717, 1.165) is 19.3 Å². The number of nitrogens with zero attached hydrogens (tertiary/aromatic N) is 2. The molecule has 5 heteroatoms. The van der Waals surface area contributed by atoms with Crippen molar-refractivity contribution in [2.24, 2.45) is 21.8 Å². The minimum Gasteiger partial charge on any atom is -0.483 e. The summed E-state index contributed by atoms with van der Waals surface area (Å²) in [6.45, 7) is 4.20. The molecule has 1 aliphatic heterocycles. The predicted octanol–water partition coefficient (Wildman–Crippen LogP) is 2.20. The molecule has 2 rings (SSSR count). The zero-order valence-electron chi connectivity index (χ0n) is 13.3. The molecule has 1 aliphatic carbocycles. The van der Waals surface area contributed by atoms with Crippen LogP contribution in [0.5, 0.6) is 0 Å². The molecule has 1 unspecified atom stereocenters. The summed E-state index contributed by atoms with van der Waals surface area (Å²) in [5, 5.41) is 9.52.